The molecule has 0 bridgehead atoms. The van der Waals surface area contributed by atoms with Gasteiger partial charge in [-0.15, -0.1) is 0 Å². The molecule has 1 saturated carbocycles. The summed E-state index contributed by atoms with van der Waals surface area (Å²) in [5.41, 5.74) is 0. The zero-order chi connectivity index (χ0) is 14.2. The lowest BCUT2D eigenvalue weighted by Gasteiger charge is -2.34. The zero-order valence-corrected chi connectivity index (χ0v) is 13.3. The van der Waals surface area contributed by atoms with E-state index < -0.39 is 0 Å². The Morgan fingerprint density at radius 1 is 1.00 bits per heavy atom. The molecule has 1 aliphatic heterocycles. The number of carbonyl (C=O) groups is 1. The molecule has 0 spiro atoms. The van der Waals surface area contributed by atoms with Crippen LogP contribution in [0.25, 0.3) is 0 Å². The summed E-state index contributed by atoms with van der Waals surface area (Å²) in [4.78, 5) is 16.7. The van der Waals surface area contributed by atoms with Crippen molar-refractivity contribution in [1.82, 2.24) is 9.80 Å². The lowest BCUT2D eigenvalue weighted by molar-refractivity contribution is -0.133. The highest BCUT2D eigenvalue weighted by molar-refractivity contribution is 5.76. The van der Waals surface area contributed by atoms with E-state index in [-0.39, 0.29) is 0 Å². The molecule has 1 saturated heterocycles. The molecule has 0 N–H and O–H groups in total. The smallest absolute Gasteiger partial charge is 0.222 e. The predicted molar refractivity (Wildman–Crippen MR) is 83.7 cm³/mol. The molecule has 0 aromatic heterocycles. The molecule has 0 unspecified atom stereocenters. The minimum absolute atomic E-state index is 0.393. The van der Waals surface area contributed by atoms with E-state index in [2.05, 4.69) is 16.7 Å². The first-order valence-corrected chi connectivity index (χ1v) is 8.79. The molecule has 3 heteroatoms. The summed E-state index contributed by atoms with van der Waals surface area (Å²) in [6.45, 7) is 7.31. The summed E-state index contributed by atoms with van der Waals surface area (Å²) < 4.78 is 0. The average molecular weight is 280 g/mol. The van der Waals surface area contributed by atoms with Gasteiger partial charge in [0, 0.05) is 32.6 Å². The van der Waals surface area contributed by atoms with Crippen LogP contribution in [0.15, 0.2) is 0 Å². The third-order valence-electron chi connectivity index (χ3n) is 5.15. The van der Waals surface area contributed by atoms with Gasteiger partial charge in [-0.25, -0.2) is 0 Å². The molecule has 3 nitrogen and oxygen atoms in total. The monoisotopic (exact) mass is 280 g/mol. The lowest BCUT2D eigenvalue weighted by Crippen LogP contribution is -2.48. The Morgan fingerprint density at radius 2 is 1.70 bits per heavy atom. The quantitative estimate of drug-likeness (QED) is 0.697. The fourth-order valence-electron chi connectivity index (χ4n) is 3.66. The summed E-state index contributed by atoms with van der Waals surface area (Å²) >= 11 is 0. The van der Waals surface area contributed by atoms with E-state index in [0.29, 0.717) is 5.91 Å². The molecule has 0 radical (unpaired) electrons. The van der Waals surface area contributed by atoms with Gasteiger partial charge in [0.25, 0.3) is 0 Å². The van der Waals surface area contributed by atoms with Crippen LogP contribution in [-0.2, 0) is 4.79 Å². The Kier molecular flexibility index (Phi) is 6.85. The minimum Gasteiger partial charge on any atom is -0.340 e. The number of unbranched alkanes of at least 4 members (excludes halogenated alkanes) is 1. The third kappa shape index (κ3) is 5.08. The first-order chi connectivity index (χ1) is 9.79. The Morgan fingerprint density at radius 3 is 2.35 bits per heavy atom. The second kappa shape index (κ2) is 8.66. The number of rotatable bonds is 6. The molecule has 2 aliphatic rings. The number of hydrogen-bond donors (Lipinski definition) is 0. The first-order valence-electron chi connectivity index (χ1n) is 8.79. The number of carbonyl (C=O) groups excluding carboxylic acids is 1. The van der Waals surface area contributed by atoms with Crippen molar-refractivity contribution in [3.8, 4) is 0 Å². The molecule has 1 heterocycles. The topological polar surface area (TPSA) is 23.6 Å². The van der Waals surface area contributed by atoms with Crippen LogP contribution in [0.2, 0.25) is 0 Å². The van der Waals surface area contributed by atoms with E-state index in [1.807, 2.05) is 0 Å². The first kappa shape index (κ1) is 15.8. The minimum atomic E-state index is 0.393. The highest BCUT2D eigenvalue weighted by atomic mass is 16.2. The molecular weight excluding hydrogens is 248 g/mol. The molecule has 116 valence electrons. The maximum absolute atomic E-state index is 12.2. The summed E-state index contributed by atoms with van der Waals surface area (Å²) in [5, 5.41) is 0. The number of nitrogens with zero attached hydrogens (tertiary/aromatic N) is 2. The molecule has 0 aromatic rings. The van der Waals surface area contributed by atoms with Gasteiger partial charge in [0.15, 0.2) is 0 Å². The van der Waals surface area contributed by atoms with Crippen molar-refractivity contribution in [3.05, 3.63) is 0 Å². The SMILES string of the molecule is CCN1CCN(C(=O)CCCCC2CCCCC2)CC1. The zero-order valence-electron chi connectivity index (χ0n) is 13.3. The number of likely N-dealkylation sites (N-methyl/N-ethyl adjacent to an activating group) is 1. The molecule has 0 aromatic carbocycles. The maximum Gasteiger partial charge on any atom is 0.222 e. The molecule has 2 fully saturated rings. The van der Waals surface area contributed by atoms with Gasteiger partial charge in [-0.2, -0.15) is 0 Å². The number of hydrogen-bond acceptors (Lipinski definition) is 2. The van der Waals surface area contributed by atoms with Crippen LogP contribution in [0.4, 0.5) is 0 Å². The highest BCUT2D eigenvalue weighted by Gasteiger charge is 2.19. The van der Waals surface area contributed by atoms with Crippen molar-refractivity contribution in [2.75, 3.05) is 32.7 Å². The second-order valence-electron chi connectivity index (χ2n) is 6.56. The summed E-state index contributed by atoms with van der Waals surface area (Å²) in [6.07, 6.45) is 11.7. The number of amides is 1. The number of piperazine rings is 1. The standard InChI is InChI=1S/C17H32N2O/c1-2-18-12-14-19(15-13-18)17(20)11-7-6-10-16-8-4-3-5-9-16/h16H,2-15H2,1H3. The van der Waals surface area contributed by atoms with Crippen LogP contribution in [0.5, 0.6) is 0 Å². The summed E-state index contributed by atoms with van der Waals surface area (Å²) in [7, 11) is 0. The second-order valence-corrected chi connectivity index (χ2v) is 6.56. The van der Waals surface area contributed by atoms with E-state index in [9.17, 15) is 4.79 Å². The van der Waals surface area contributed by atoms with Crippen LogP contribution < -0.4 is 0 Å². The maximum atomic E-state index is 12.2. The highest BCUT2D eigenvalue weighted by Crippen LogP contribution is 2.27. The summed E-state index contributed by atoms with van der Waals surface area (Å²) in [5.74, 6) is 1.36. The molecule has 2 rings (SSSR count). The van der Waals surface area contributed by atoms with Gasteiger partial charge in [-0.1, -0.05) is 51.9 Å². The average Bonchev–Trinajstić information content (AvgIpc) is 2.52. The largest absolute Gasteiger partial charge is 0.340 e. The van der Waals surface area contributed by atoms with Crippen LogP contribution in [0.3, 0.4) is 0 Å². The Hall–Kier alpha value is -0.570. The van der Waals surface area contributed by atoms with Crippen molar-refractivity contribution >= 4 is 5.91 Å². The van der Waals surface area contributed by atoms with Crippen LogP contribution >= 0.6 is 0 Å². The van der Waals surface area contributed by atoms with Crippen molar-refractivity contribution in [2.24, 2.45) is 5.92 Å². The van der Waals surface area contributed by atoms with E-state index in [0.717, 1.165) is 51.5 Å². The van der Waals surface area contributed by atoms with Crippen LogP contribution in [0, 0.1) is 5.92 Å². The van der Waals surface area contributed by atoms with Gasteiger partial charge in [-0.3, -0.25) is 4.79 Å². The Balaban J connectivity index is 1.53. The van der Waals surface area contributed by atoms with E-state index in [4.69, 9.17) is 0 Å². The van der Waals surface area contributed by atoms with Gasteiger partial charge in [0.1, 0.15) is 0 Å². The molecule has 0 atom stereocenters. The van der Waals surface area contributed by atoms with Crippen molar-refractivity contribution in [1.29, 1.82) is 0 Å². The lowest BCUT2D eigenvalue weighted by atomic mass is 9.85. The fraction of sp³-hybridized carbons (Fsp3) is 0.941. The van der Waals surface area contributed by atoms with Gasteiger partial charge >= 0.3 is 0 Å². The third-order valence-corrected chi connectivity index (χ3v) is 5.15. The van der Waals surface area contributed by atoms with Crippen molar-refractivity contribution in [2.45, 2.75) is 64.7 Å². The molecule has 1 aliphatic carbocycles. The van der Waals surface area contributed by atoms with E-state index in [1.165, 1.54) is 44.9 Å². The van der Waals surface area contributed by atoms with Gasteiger partial charge in [0.2, 0.25) is 5.91 Å². The Bertz CT molecular complexity index is 279. The van der Waals surface area contributed by atoms with Gasteiger partial charge in [-0.05, 0) is 18.9 Å². The van der Waals surface area contributed by atoms with Gasteiger partial charge < -0.3 is 9.80 Å². The van der Waals surface area contributed by atoms with Crippen LogP contribution in [0.1, 0.15) is 64.7 Å². The van der Waals surface area contributed by atoms with Crippen molar-refractivity contribution < 1.29 is 4.79 Å². The molecular formula is C17H32N2O. The van der Waals surface area contributed by atoms with Crippen LogP contribution in [-0.4, -0.2) is 48.4 Å². The van der Waals surface area contributed by atoms with E-state index in [1.54, 1.807) is 0 Å². The Labute approximate surface area is 124 Å². The van der Waals surface area contributed by atoms with Gasteiger partial charge in [0.05, 0.1) is 0 Å². The van der Waals surface area contributed by atoms with Crippen molar-refractivity contribution in [3.63, 3.8) is 0 Å². The molecule has 1 amide bonds. The fourth-order valence-corrected chi connectivity index (χ4v) is 3.66. The predicted octanol–water partition coefficient (Wildman–Crippen LogP) is 3.29. The summed E-state index contributed by atoms with van der Waals surface area (Å²) in [6, 6.07) is 0. The normalized spacial score (nSPS) is 22.1. The molecule has 20 heavy (non-hydrogen) atoms. The van der Waals surface area contributed by atoms with E-state index >= 15 is 0 Å².